The van der Waals surface area contributed by atoms with Gasteiger partial charge in [-0.3, -0.25) is 0 Å². The van der Waals surface area contributed by atoms with Gasteiger partial charge < -0.3 is 10.1 Å². The Labute approximate surface area is 119 Å². The highest BCUT2D eigenvalue weighted by molar-refractivity contribution is 5.67. The Morgan fingerprint density at radius 1 is 1.40 bits per heavy atom. The fraction of sp³-hybridized carbons (Fsp3) is 0.375. The molecule has 0 aliphatic heterocycles. The molecule has 0 saturated carbocycles. The first-order valence-corrected chi connectivity index (χ1v) is 6.32. The molecule has 0 fully saturated rings. The van der Waals surface area contributed by atoms with Crippen LogP contribution in [0.5, 0.6) is 0 Å². The van der Waals surface area contributed by atoms with Crippen molar-refractivity contribution in [3.05, 3.63) is 35.4 Å². The van der Waals surface area contributed by atoms with Crippen molar-refractivity contribution < 1.29 is 9.53 Å². The van der Waals surface area contributed by atoms with Crippen molar-refractivity contribution in [3.63, 3.8) is 0 Å². The highest BCUT2D eigenvalue weighted by Gasteiger charge is 2.15. The zero-order valence-electron chi connectivity index (χ0n) is 12.0. The molecule has 0 aromatic heterocycles. The number of alkyl carbamates (subject to hydrolysis) is 1. The van der Waals surface area contributed by atoms with Crippen LogP contribution in [0.4, 0.5) is 4.79 Å². The summed E-state index contributed by atoms with van der Waals surface area (Å²) in [4.78, 5) is 11.5. The van der Waals surface area contributed by atoms with Crippen LogP contribution in [0.1, 0.15) is 38.3 Å². The second-order valence-electron chi connectivity index (χ2n) is 5.19. The Hall–Kier alpha value is -2.46. The SMILES string of the molecule is CC(C)(C)OC(=O)NCc1cccc(C#CCC#N)c1. The van der Waals surface area contributed by atoms with Gasteiger partial charge in [-0.05, 0) is 38.5 Å². The number of nitriles is 1. The van der Waals surface area contributed by atoms with Gasteiger partial charge in [0.25, 0.3) is 0 Å². The van der Waals surface area contributed by atoms with Crippen LogP contribution < -0.4 is 5.32 Å². The van der Waals surface area contributed by atoms with Crippen molar-refractivity contribution in [1.29, 1.82) is 5.26 Å². The van der Waals surface area contributed by atoms with Crippen LogP contribution in [0, 0.1) is 23.2 Å². The van der Waals surface area contributed by atoms with Crippen molar-refractivity contribution in [1.82, 2.24) is 5.32 Å². The standard InChI is InChI=1S/C16H18N2O2/c1-16(2,3)20-15(19)18-12-14-9-6-8-13(11-14)7-4-5-10-17/h6,8-9,11H,5,12H2,1-3H3,(H,18,19). The van der Waals surface area contributed by atoms with Crippen LogP contribution in [0.3, 0.4) is 0 Å². The average molecular weight is 270 g/mol. The number of nitrogens with one attached hydrogen (secondary N) is 1. The number of benzene rings is 1. The van der Waals surface area contributed by atoms with E-state index < -0.39 is 11.7 Å². The van der Waals surface area contributed by atoms with Gasteiger partial charge in [0.05, 0.1) is 12.5 Å². The van der Waals surface area contributed by atoms with Crippen molar-refractivity contribution in [3.8, 4) is 17.9 Å². The molecule has 1 aromatic rings. The molecule has 1 rings (SSSR count). The summed E-state index contributed by atoms with van der Waals surface area (Å²) in [5.41, 5.74) is 1.25. The quantitative estimate of drug-likeness (QED) is 0.840. The number of carbonyl (C=O) groups is 1. The van der Waals surface area contributed by atoms with E-state index in [2.05, 4.69) is 17.2 Å². The Morgan fingerprint density at radius 2 is 2.15 bits per heavy atom. The molecule has 0 heterocycles. The predicted octanol–water partition coefficient (Wildman–Crippen LogP) is 2.98. The minimum Gasteiger partial charge on any atom is -0.444 e. The molecule has 0 atom stereocenters. The van der Waals surface area contributed by atoms with Gasteiger partial charge in [0.2, 0.25) is 0 Å². The number of hydrogen-bond donors (Lipinski definition) is 1. The molecule has 4 heteroatoms. The minimum atomic E-state index is -0.505. The van der Waals surface area contributed by atoms with Crippen LogP contribution in [0.25, 0.3) is 0 Å². The first kappa shape index (κ1) is 15.6. The number of carbonyl (C=O) groups excluding carboxylic acids is 1. The molecule has 20 heavy (non-hydrogen) atoms. The third-order valence-corrected chi connectivity index (χ3v) is 2.16. The Balaban J connectivity index is 2.58. The molecule has 1 amide bonds. The van der Waals surface area contributed by atoms with E-state index in [4.69, 9.17) is 10.00 Å². The summed E-state index contributed by atoms with van der Waals surface area (Å²) in [6, 6.07) is 9.47. The summed E-state index contributed by atoms with van der Waals surface area (Å²) < 4.78 is 5.16. The molecule has 104 valence electrons. The molecular weight excluding hydrogens is 252 g/mol. The van der Waals surface area contributed by atoms with Crippen LogP contribution in [-0.2, 0) is 11.3 Å². The molecule has 0 radical (unpaired) electrons. The van der Waals surface area contributed by atoms with Gasteiger partial charge in [-0.25, -0.2) is 4.79 Å². The largest absolute Gasteiger partial charge is 0.444 e. The number of nitrogens with zero attached hydrogens (tertiary/aromatic N) is 1. The zero-order chi connectivity index (χ0) is 15.0. The highest BCUT2D eigenvalue weighted by atomic mass is 16.6. The molecular formula is C16H18N2O2. The van der Waals surface area contributed by atoms with Gasteiger partial charge in [0.1, 0.15) is 5.60 Å². The molecule has 0 saturated heterocycles. The summed E-state index contributed by atoms with van der Waals surface area (Å²) in [6.07, 6.45) is -0.237. The molecule has 0 unspecified atom stereocenters. The molecule has 1 aromatic carbocycles. The number of hydrogen-bond acceptors (Lipinski definition) is 3. The third kappa shape index (κ3) is 6.47. The van der Waals surface area contributed by atoms with Gasteiger partial charge >= 0.3 is 6.09 Å². The molecule has 0 aliphatic carbocycles. The van der Waals surface area contributed by atoms with Crippen LogP contribution in [0.2, 0.25) is 0 Å². The maximum Gasteiger partial charge on any atom is 0.407 e. The fourth-order valence-electron chi connectivity index (χ4n) is 1.43. The topological polar surface area (TPSA) is 62.1 Å². The lowest BCUT2D eigenvalue weighted by atomic mass is 10.1. The minimum absolute atomic E-state index is 0.209. The van der Waals surface area contributed by atoms with Gasteiger partial charge in [0, 0.05) is 12.1 Å². The van der Waals surface area contributed by atoms with Crippen molar-refractivity contribution in [2.75, 3.05) is 0 Å². The van der Waals surface area contributed by atoms with Crippen molar-refractivity contribution in [2.45, 2.75) is 39.3 Å². The average Bonchev–Trinajstić information content (AvgIpc) is 2.35. The maximum absolute atomic E-state index is 11.5. The van der Waals surface area contributed by atoms with Crippen molar-refractivity contribution >= 4 is 6.09 Å². The number of amides is 1. The van der Waals surface area contributed by atoms with E-state index in [9.17, 15) is 4.79 Å². The van der Waals surface area contributed by atoms with E-state index in [0.717, 1.165) is 11.1 Å². The smallest absolute Gasteiger partial charge is 0.407 e. The molecule has 4 nitrogen and oxygen atoms in total. The maximum atomic E-state index is 11.5. The van der Waals surface area contributed by atoms with E-state index in [1.165, 1.54) is 0 Å². The second-order valence-corrected chi connectivity index (χ2v) is 5.19. The summed E-state index contributed by atoms with van der Waals surface area (Å²) in [6.45, 7) is 5.83. The number of ether oxygens (including phenoxy) is 1. The molecule has 1 N–H and O–H groups in total. The van der Waals surface area contributed by atoms with Gasteiger partial charge in [-0.1, -0.05) is 24.0 Å². The lowest BCUT2D eigenvalue weighted by molar-refractivity contribution is 0.0523. The van der Waals surface area contributed by atoms with Gasteiger partial charge in [-0.2, -0.15) is 5.26 Å². The lowest BCUT2D eigenvalue weighted by Crippen LogP contribution is -2.32. The van der Waals surface area contributed by atoms with E-state index >= 15 is 0 Å². The highest BCUT2D eigenvalue weighted by Crippen LogP contribution is 2.08. The van der Waals surface area contributed by atoms with E-state index in [-0.39, 0.29) is 6.42 Å². The molecule has 0 bridgehead atoms. The van der Waals surface area contributed by atoms with Gasteiger partial charge in [-0.15, -0.1) is 0 Å². The monoisotopic (exact) mass is 270 g/mol. The number of rotatable bonds is 2. The first-order chi connectivity index (χ1) is 9.40. The normalized spacial score (nSPS) is 9.90. The second kappa shape index (κ2) is 7.21. The Kier molecular flexibility index (Phi) is 5.62. The van der Waals surface area contributed by atoms with E-state index in [1.54, 1.807) is 0 Å². The van der Waals surface area contributed by atoms with Crippen LogP contribution in [-0.4, -0.2) is 11.7 Å². The Morgan fingerprint density at radius 3 is 2.80 bits per heavy atom. The zero-order valence-corrected chi connectivity index (χ0v) is 12.0. The predicted molar refractivity (Wildman–Crippen MR) is 76.6 cm³/mol. The molecule has 0 spiro atoms. The lowest BCUT2D eigenvalue weighted by Gasteiger charge is -2.19. The van der Waals surface area contributed by atoms with E-state index in [0.29, 0.717) is 6.54 Å². The third-order valence-electron chi connectivity index (χ3n) is 2.16. The first-order valence-electron chi connectivity index (χ1n) is 6.32. The van der Waals surface area contributed by atoms with E-state index in [1.807, 2.05) is 51.1 Å². The summed E-state index contributed by atoms with van der Waals surface area (Å²) >= 11 is 0. The van der Waals surface area contributed by atoms with Crippen LogP contribution in [0.15, 0.2) is 24.3 Å². The summed E-state index contributed by atoms with van der Waals surface area (Å²) in [5.74, 6) is 5.65. The van der Waals surface area contributed by atoms with Crippen molar-refractivity contribution in [2.24, 2.45) is 0 Å². The summed E-state index contributed by atoms with van der Waals surface area (Å²) in [5, 5.41) is 11.1. The van der Waals surface area contributed by atoms with Gasteiger partial charge in [0.15, 0.2) is 0 Å². The fourth-order valence-corrected chi connectivity index (χ4v) is 1.43. The van der Waals surface area contributed by atoms with Crippen LogP contribution >= 0.6 is 0 Å². The Bertz CT molecular complexity index is 569. The summed E-state index contributed by atoms with van der Waals surface area (Å²) in [7, 11) is 0. The molecule has 0 aliphatic rings.